The van der Waals surface area contributed by atoms with Crippen molar-refractivity contribution < 1.29 is 14.6 Å². The fourth-order valence-electron chi connectivity index (χ4n) is 4.12. The molecule has 5 aromatic rings. The van der Waals surface area contributed by atoms with Crippen LogP contribution in [0.15, 0.2) is 79.1 Å². The number of nitrogens with two attached hydrogens (primary N) is 2. The molecule has 1 amide bonds. The number of aliphatic hydroxyl groups excluding tert-OH is 1. The second-order valence-corrected chi connectivity index (χ2v) is 8.12. The van der Waals surface area contributed by atoms with Crippen molar-refractivity contribution in [2.45, 2.75) is 13.5 Å². The number of aliphatic hydroxyl groups is 1. The first-order chi connectivity index (χ1) is 16.9. The van der Waals surface area contributed by atoms with Gasteiger partial charge in [-0.3, -0.25) is 9.78 Å². The predicted molar refractivity (Wildman–Crippen MR) is 134 cm³/mol. The number of amides is 1. The summed E-state index contributed by atoms with van der Waals surface area (Å²) in [7, 11) is 0. The molecule has 5 N–H and O–H groups in total. The molecule has 8 nitrogen and oxygen atoms in total. The molecule has 0 saturated heterocycles. The first kappa shape index (κ1) is 22.1. The van der Waals surface area contributed by atoms with Gasteiger partial charge in [0.05, 0.1) is 35.3 Å². The molecule has 35 heavy (non-hydrogen) atoms. The van der Waals surface area contributed by atoms with E-state index >= 15 is 0 Å². The Morgan fingerprint density at radius 3 is 2.40 bits per heavy atom. The zero-order chi connectivity index (χ0) is 24.5. The normalized spacial score (nSPS) is 11.0. The highest BCUT2D eigenvalue weighted by atomic mass is 16.5. The molecule has 0 aliphatic carbocycles. The third-order valence-corrected chi connectivity index (χ3v) is 5.69. The SMILES string of the molecule is Cc1cccc(Oc2ccc(-c3c(C(N)=O)c4cnc(CO)cn4c3-c3ccc(N)cc3)cc2)n1. The topological polar surface area (TPSA) is 129 Å². The van der Waals surface area contributed by atoms with Crippen LogP contribution in [0.25, 0.3) is 27.9 Å². The van der Waals surface area contributed by atoms with Gasteiger partial charge >= 0.3 is 0 Å². The molecule has 0 atom stereocenters. The van der Waals surface area contributed by atoms with E-state index in [4.69, 9.17) is 16.2 Å². The number of pyridine rings is 1. The molecule has 0 saturated carbocycles. The number of carbonyl (C=O) groups is 1. The number of hydrogen-bond donors (Lipinski definition) is 3. The van der Waals surface area contributed by atoms with E-state index in [2.05, 4.69) is 9.97 Å². The van der Waals surface area contributed by atoms with Crippen LogP contribution in [0.2, 0.25) is 0 Å². The number of carbonyl (C=O) groups excluding carboxylic acids is 1. The quantitative estimate of drug-likeness (QED) is 0.320. The number of benzene rings is 2. The van der Waals surface area contributed by atoms with Gasteiger partial charge in [0.2, 0.25) is 5.88 Å². The molecule has 3 aromatic heterocycles. The summed E-state index contributed by atoms with van der Waals surface area (Å²) >= 11 is 0. The molecule has 0 bridgehead atoms. The van der Waals surface area contributed by atoms with E-state index in [1.54, 1.807) is 30.6 Å². The largest absolute Gasteiger partial charge is 0.439 e. The smallest absolute Gasteiger partial charge is 0.251 e. The molecule has 0 unspecified atom stereocenters. The second kappa shape index (κ2) is 8.92. The van der Waals surface area contributed by atoms with Gasteiger partial charge in [-0.2, -0.15) is 0 Å². The van der Waals surface area contributed by atoms with E-state index < -0.39 is 5.91 Å². The van der Waals surface area contributed by atoms with Crippen molar-refractivity contribution in [3.63, 3.8) is 0 Å². The van der Waals surface area contributed by atoms with Crippen molar-refractivity contribution in [3.8, 4) is 34.0 Å². The number of nitrogen functional groups attached to an aromatic ring is 1. The Hall–Kier alpha value is -4.69. The third-order valence-electron chi connectivity index (χ3n) is 5.69. The van der Waals surface area contributed by atoms with Gasteiger partial charge in [0.1, 0.15) is 5.75 Å². The number of primary amides is 1. The molecule has 174 valence electrons. The number of anilines is 1. The van der Waals surface area contributed by atoms with Crippen LogP contribution in [0.5, 0.6) is 11.6 Å². The van der Waals surface area contributed by atoms with Gasteiger partial charge in [0.25, 0.3) is 5.91 Å². The fourth-order valence-corrected chi connectivity index (χ4v) is 4.12. The van der Waals surface area contributed by atoms with Gasteiger partial charge in [-0.1, -0.05) is 30.3 Å². The molecule has 2 aromatic carbocycles. The molecule has 0 spiro atoms. The summed E-state index contributed by atoms with van der Waals surface area (Å²) in [6.07, 6.45) is 3.26. The highest BCUT2D eigenvalue weighted by molar-refractivity contribution is 6.10. The van der Waals surface area contributed by atoms with Crippen molar-refractivity contribution in [1.29, 1.82) is 0 Å². The van der Waals surface area contributed by atoms with Crippen molar-refractivity contribution in [1.82, 2.24) is 14.4 Å². The van der Waals surface area contributed by atoms with Crippen LogP contribution in [-0.2, 0) is 6.61 Å². The van der Waals surface area contributed by atoms with E-state index in [1.807, 2.05) is 59.9 Å². The summed E-state index contributed by atoms with van der Waals surface area (Å²) < 4.78 is 7.72. The molecule has 0 radical (unpaired) electrons. The van der Waals surface area contributed by atoms with Gasteiger partial charge in [0, 0.05) is 29.2 Å². The van der Waals surface area contributed by atoms with Crippen LogP contribution >= 0.6 is 0 Å². The Balaban J connectivity index is 1.70. The van der Waals surface area contributed by atoms with Crippen LogP contribution in [0.3, 0.4) is 0 Å². The monoisotopic (exact) mass is 465 g/mol. The Labute approximate surface area is 201 Å². The molecular weight excluding hydrogens is 442 g/mol. The van der Waals surface area contributed by atoms with Crippen LogP contribution in [-0.4, -0.2) is 25.4 Å². The Morgan fingerprint density at radius 1 is 1.03 bits per heavy atom. The molecule has 3 heterocycles. The lowest BCUT2D eigenvalue weighted by Crippen LogP contribution is -2.12. The summed E-state index contributed by atoms with van der Waals surface area (Å²) in [4.78, 5) is 21.3. The average molecular weight is 466 g/mol. The van der Waals surface area contributed by atoms with Gasteiger partial charge in [0.15, 0.2) is 0 Å². The van der Waals surface area contributed by atoms with Crippen molar-refractivity contribution in [3.05, 3.63) is 96.1 Å². The summed E-state index contributed by atoms with van der Waals surface area (Å²) in [6.45, 7) is 1.66. The van der Waals surface area contributed by atoms with Gasteiger partial charge < -0.3 is 25.7 Å². The van der Waals surface area contributed by atoms with Crippen LogP contribution in [0.4, 0.5) is 5.69 Å². The Bertz CT molecular complexity index is 1540. The lowest BCUT2D eigenvalue weighted by molar-refractivity contribution is 0.100. The third kappa shape index (κ3) is 4.18. The van der Waals surface area contributed by atoms with Gasteiger partial charge in [-0.15, -0.1) is 0 Å². The van der Waals surface area contributed by atoms with Crippen molar-refractivity contribution in [2.75, 3.05) is 5.73 Å². The first-order valence-corrected chi connectivity index (χ1v) is 11.0. The van der Waals surface area contributed by atoms with E-state index in [1.165, 1.54) is 0 Å². The van der Waals surface area contributed by atoms with E-state index in [0.717, 1.165) is 22.5 Å². The molecule has 0 fully saturated rings. The Morgan fingerprint density at radius 2 is 1.74 bits per heavy atom. The summed E-state index contributed by atoms with van der Waals surface area (Å²) in [5, 5.41) is 9.66. The van der Waals surface area contributed by atoms with Gasteiger partial charge in [-0.05, 0) is 48.4 Å². The maximum Gasteiger partial charge on any atom is 0.251 e. The van der Waals surface area contributed by atoms with Gasteiger partial charge in [-0.25, -0.2) is 4.98 Å². The van der Waals surface area contributed by atoms with Crippen molar-refractivity contribution >= 4 is 17.1 Å². The number of ether oxygens (including phenoxy) is 1. The van der Waals surface area contributed by atoms with E-state index in [9.17, 15) is 9.90 Å². The highest BCUT2D eigenvalue weighted by Crippen LogP contribution is 2.40. The Kier molecular flexibility index (Phi) is 5.64. The lowest BCUT2D eigenvalue weighted by atomic mass is 9.97. The van der Waals surface area contributed by atoms with Crippen molar-refractivity contribution in [2.24, 2.45) is 5.73 Å². The zero-order valence-electron chi connectivity index (χ0n) is 19.0. The van der Waals surface area contributed by atoms with Crippen LogP contribution in [0.1, 0.15) is 21.7 Å². The number of aromatic nitrogens is 3. The lowest BCUT2D eigenvalue weighted by Gasteiger charge is -2.10. The van der Waals surface area contributed by atoms with Crippen LogP contribution in [0, 0.1) is 6.92 Å². The van der Waals surface area contributed by atoms with Crippen LogP contribution < -0.4 is 16.2 Å². The standard InChI is InChI=1S/C27H23N5O3/c1-16-3-2-4-23(31-16)35-21-11-7-17(8-12-21)24-25(27(29)34)22-13-30-20(15-33)14-32(22)26(24)18-5-9-19(28)10-6-18/h2-14,33H,15,28H2,1H3,(H2,29,34). The minimum Gasteiger partial charge on any atom is -0.439 e. The number of aryl methyl sites for hydroxylation is 1. The summed E-state index contributed by atoms with van der Waals surface area (Å²) in [5.41, 5.74) is 17.6. The number of fused-ring (bicyclic) bond motifs is 1. The minimum atomic E-state index is -0.581. The number of nitrogens with zero attached hydrogens (tertiary/aromatic N) is 3. The number of rotatable bonds is 6. The minimum absolute atomic E-state index is 0.241. The average Bonchev–Trinajstić information content (AvgIpc) is 3.19. The predicted octanol–water partition coefficient (Wildman–Crippen LogP) is 4.34. The first-order valence-electron chi connectivity index (χ1n) is 11.0. The molecular formula is C27H23N5O3. The van der Waals surface area contributed by atoms with E-state index in [-0.39, 0.29) is 6.61 Å². The highest BCUT2D eigenvalue weighted by Gasteiger charge is 2.25. The molecule has 0 aliphatic rings. The summed E-state index contributed by atoms with van der Waals surface area (Å²) in [6, 6.07) is 20.3. The number of hydrogen-bond acceptors (Lipinski definition) is 6. The van der Waals surface area contributed by atoms with E-state index in [0.29, 0.717) is 39.7 Å². The maximum absolute atomic E-state index is 12.7. The zero-order valence-corrected chi connectivity index (χ0v) is 19.0. The molecule has 8 heteroatoms. The second-order valence-electron chi connectivity index (χ2n) is 8.12. The maximum atomic E-state index is 12.7. The molecule has 0 aliphatic heterocycles. The fraction of sp³-hybridized carbons (Fsp3) is 0.0741. The summed E-state index contributed by atoms with van der Waals surface area (Å²) in [5.74, 6) is 0.520. The molecule has 5 rings (SSSR count).